The first-order valence-corrected chi connectivity index (χ1v) is 12.1. The summed E-state index contributed by atoms with van der Waals surface area (Å²) in [5, 5.41) is 1.79. The number of fused-ring (bicyclic) bond motifs is 1. The molecule has 9 heteroatoms. The van der Waals surface area contributed by atoms with Crippen LogP contribution in [-0.2, 0) is 4.74 Å². The van der Waals surface area contributed by atoms with Gasteiger partial charge in [-0.3, -0.25) is 0 Å². The predicted molar refractivity (Wildman–Crippen MR) is 130 cm³/mol. The summed E-state index contributed by atoms with van der Waals surface area (Å²) in [7, 11) is 1.59. The Hall–Kier alpha value is -3.46. The Morgan fingerprint density at radius 1 is 1.21 bits per heavy atom. The number of esters is 1. The first-order chi connectivity index (χ1) is 16.6. The molecule has 0 saturated carbocycles. The molecule has 0 unspecified atom stereocenters. The number of carbonyl (C=O) groups is 1. The van der Waals surface area contributed by atoms with Crippen LogP contribution in [0.4, 0.5) is 9.52 Å². The number of nitrogens with one attached hydrogen (secondary N) is 1. The van der Waals surface area contributed by atoms with Gasteiger partial charge in [-0.1, -0.05) is 11.3 Å². The van der Waals surface area contributed by atoms with E-state index in [1.165, 1.54) is 23.5 Å². The van der Waals surface area contributed by atoms with Crippen LogP contribution in [0.15, 0.2) is 42.7 Å². The van der Waals surface area contributed by atoms with E-state index in [0.29, 0.717) is 28.7 Å². The molecule has 7 nitrogen and oxygen atoms in total. The minimum atomic E-state index is -0.322. The second-order valence-electron chi connectivity index (χ2n) is 8.18. The van der Waals surface area contributed by atoms with Crippen LogP contribution in [-0.4, -0.2) is 47.7 Å². The maximum absolute atomic E-state index is 14.0. The molecule has 5 rings (SSSR count). The Morgan fingerprint density at radius 3 is 2.79 bits per heavy atom. The van der Waals surface area contributed by atoms with E-state index >= 15 is 0 Å². The third-order valence-corrected chi connectivity index (χ3v) is 7.22. The van der Waals surface area contributed by atoms with E-state index in [-0.39, 0.29) is 11.8 Å². The molecular formula is C25H25FN4O3S. The molecule has 1 aliphatic rings. The fourth-order valence-electron chi connectivity index (χ4n) is 4.48. The van der Waals surface area contributed by atoms with Gasteiger partial charge in [-0.05, 0) is 55.7 Å². The lowest BCUT2D eigenvalue weighted by Crippen LogP contribution is -2.32. The number of halogens is 1. The number of aromatic amines is 1. The lowest BCUT2D eigenvalue weighted by Gasteiger charge is -2.31. The zero-order valence-electron chi connectivity index (χ0n) is 19.0. The molecular weight excluding hydrogens is 455 g/mol. The molecule has 0 amide bonds. The van der Waals surface area contributed by atoms with Gasteiger partial charge in [-0.15, -0.1) is 0 Å². The number of methoxy groups -OCH3 is 1. The van der Waals surface area contributed by atoms with Gasteiger partial charge in [-0.25, -0.2) is 19.2 Å². The van der Waals surface area contributed by atoms with Crippen molar-refractivity contribution in [1.29, 1.82) is 0 Å². The van der Waals surface area contributed by atoms with Crippen molar-refractivity contribution >= 4 is 33.5 Å². The number of nitrogens with zero attached hydrogens (tertiary/aromatic N) is 3. The van der Waals surface area contributed by atoms with Gasteiger partial charge < -0.3 is 19.4 Å². The summed E-state index contributed by atoms with van der Waals surface area (Å²) in [4.78, 5) is 27.1. The Bertz CT molecular complexity index is 1330. The number of thiazole rings is 1. The molecule has 1 aromatic carbocycles. The molecule has 4 aromatic rings. The summed E-state index contributed by atoms with van der Waals surface area (Å²) >= 11 is 1.37. The molecule has 3 aromatic heterocycles. The van der Waals surface area contributed by atoms with Gasteiger partial charge in [0.2, 0.25) is 0 Å². The zero-order chi connectivity index (χ0) is 23.7. The number of anilines is 1. The van der Waals surface area contributed by atoms with Gasteiger partial charge in [0.25, 0.3) is 0 Å². The Balaban J connectivity index is 1.35. The van der Waals surface area contributed by atoms with Gasteiger partial charge in [0, 0.05) is 41.8 Å². The third-order valence-electron chi connectivity index (χ3n) is 6.18. The minimum absolute atomic E-state index is 0.308. The van der Waals surface area contributed by atoms with Crippen molar-refractivity contribution in [2.45, 2.75) is 25.7 Å². The number of rotatable bonds is 6. The summed E-state index contributed by atoms with van der Waals surface area (Å²) in [6, 6.07) is 8.56. The monoisotopic (exact) mass is 480 g/mol. The highest BCUT2D eigenvalue weighted by Crippen LogP contribution is 2.38. The second-order valence-corrected chi connectivity index (χ2v) is 9.19. The number of piperidine rings is 1. The van der Waals surface area contributed by atoms with E-state index in [2.05, 4.69) is 25.9 Å². The van der Waals surface area contributed by atoms with E-state index in [1.807, 2.05) is 6.07 Å². The Morgan fingerprint density at radius 2 is 2.03 bits per heavy atom. The highest BCUT2D eigenvalue weighted by atomic mass is 32.1. The quantitative estimate of drug-likeness (QED) is 0.373. The van der Waals surface area contributed by atoms with Crippen LogP contribution in [0.3, 0.4) is 0 Å². The number of hydrogen-bond donors (Lipinski definition) is 1. The summed E-state index contributed by atoms with van der Waals surface area (Å²) < 4.78 is 24.6. The standard InChI is InChI=1S/C25H25FN4O3S/c1-3-33-24(31)22-14-28-25(34-22)30-10-7-15(8-11-30)20-13-19-17(6-9-27-23(19)29-20)18-12-16(26)4-5-21(18)32-2/h4-6,9,12-15H,3,7-8,10-11H2,1-2H3,(H,27,29). The van der Waals surface area contributed by atoms with E-state index in [0.717, 1.165) is 53.4 Å². The minimum Gasteiger partial charge on any atom is -0.496 e. The number of benzene rings is 1. The van der Waals surface area contributed by atoms with Crippen molar-refractivity contribution in [2.75, 3.05) is 31.7 Å². The maximum atomic E-state index is 14.0. The van der Waals surface area contributed by atoms with Crippen LogP contribution in [0, 0.1) is 5.82 Å². The maximum Gasteiger partial charge on any atom is 0.350 e. The van der Waals surface area contributed by atoms with Crippen molar-refractivity contribution < 1.29 is 18.7 Å². The first-order valence-electron chi connectivity index (χ1n) is 11.3. The number of aromatic nitrogens is 3. The highest BCUT2D eigenvalue weighted by Gasteiger charge is 2.25. The van der Waals surface area contributed by atoms with Crippen molar-refractivity contribution in [1.82, 2.24) is 15.0 Å². The molecule has 4 heterocycles. The molecule has 0 spiro atoms. The van der Waals surface area contributed by atoms with E-state index < -0.39 is 0 Å². The molecule has 1 fully saturated rings. The smallest absolute Gasteiger partial charge is 0.350 e. The summed E-state index contributed by atoms with van der Waals surface area (Å²) in [6.45, 7) is 3.83. The van der Waals surface area contributed by atoms with Gasteiger partial charge in [0.15, 0.2) is 5.13 Å². The fourth-order valence-corrected chi connectivity index (χ4v) is 5.34. The molecule has 0 aliphatic carbocycles. The van der Waals surface area contributed by atoms with Gasteiger partial charge >= 0.3 is 5.97 Å². The van der Waals surface area contributed by atoms with E-state index in [1.54, 1.807) is 32.5 Å². The lowest BCUT2D eigenvalue weighted by molar-refractivity contribution is 0.0532. The van der Waals surface area contributed by atoms with Crippen molar-refractivity contribution in [3.05, 3.63) is 59.1 Å². The largest absolute Gasteiger partial charge is 0.496 e. The van der Waals surface area contributed by atoms with Crippen LogP contribution in [0.2, 0.25) is 0 Å². The second kappa shape index (κ2) is 9.42. The van der Waals surface area contributed by atoms with Gasteiger partial charge in [-0.2, -0.15) is 0 Å². The number of hydrogen-bond acceptors (Lipinski definition) is 7. The van der Waals surface area contributed by atoms with Crippen LogP contribution < -0.4 is 9.64 Å². The Kier molecular flexibility index (Phi) is 6.19. The van der Waals surface area contributed by atoms with Gasteiger partial charge in [0.05, 0.1) is 19.9 Å². The predicted octanol–water partition coefficient (Wildman–Crippen LogP) is 5.39. The molecule has 34 heavy (non-hydrogen) atoms. The van der Waals surface area contributed by atoms with Crippen LogP contribution in [0.5, 0.6) is 5.75 Å². The summed E-state index contributed by atoms with van der Waals surface area (Å²) in [6.07, 6.45) is 5.21. The molecule has 1 N–H and O–H groups in total. The molecule has 0 radical (unpaired) electrons. The number of H-pyrrole nitrogens is 1. The molecule has 1 saturated heterocycles. The van der Waals surface area contributed by atoms with Crippen molar-refractivity contribution in [3.8, 4) is 16.9 Å². The number of pyridine rings is 1. The van der Waals surface area contributed by atoms with Crippen LogP contribution in [0.1, 0.15) is 41.0 Å². The SMILES string of the molecule is CCOC(=O)c1cnc(N2CCC(c3cc4c(-c5cc(F)ccc5OC)ccnc4[nH]3)CC2)s1. The van der Waals surface area contributed by atoms with Crippen LogP contribution in [0.25, 0.3) is 22.2 Å². The summed E-state index contributed by atoms with van der Waals surface area (Å²) in [5.74, 6) is 0.336. The first kappa shape index (κ1) is 22.3. The number of carbonyl (C=O) groups excluding carboxylic acids is 1. The van der Waals surface area contributed by atoms with Gasteiger partial charge in [0.1, 0.15) is 22.1 Å². The fraction of sp³-hybridized carbons (Fsp3) is 0.320. The third kappa shape index (κ3) is 4.23. The highest BCUT2D eigenvalue weighted by molar-refractivity contribution is 7.17. The zero-order valence-corrected chi connectivity index (χ0v) is 19.8. The topological polar surface area (TPSA) is 80.3 Å². The lowest BCUT2D eigenvalue weighted by atomic mass is 9.93. The number of ether oxygens (including phenoxy) is 2. The summed E-state index contributed by atoms with van der Waals surface area (Å²) in [5.41, 5.74) is 3.49. The van der Waals surface area contributed by atoms with Crippen LogP contribution >= 0.6 is 11.3 Å². The normalized spacial score (nSPS) is 14.5. The molecule has 1 aliphatic heterocycles. The molecule has 0 atom stereocenters. The Labute approximate surface area is 200 Å². The molecule has 0 bridgehead atoms. The average Bonchev–Trinajstić information content (AvgIpc) is 3.52. The van der Waals surface area contributed by atoms with E-state index in [4.69, 9.17) is 9.47 Å². The molecule has 176 valence electrons. The van der Waals surface area contributed by atoms with E-state index in [9.17, 15) is 9.18 Å². The van der Waals surface area contributed by atoms with Crippen molar-refractivity contribution in [2.24, 2.45) is 0 Å². The van der Waals surface area contributed by atoms with Crippen molar-refractivity contribution in [3.63, 3.8) is 0 Å². The average molecular weight is 481 g/mol.